The molecule has 0 radical (unpaired) electrons. The SMILES string of the molecule is Cn1ccc(=O)n(Cc2cc(F)cc(C#N)c2)c1=O. The lowest BCUT2D eigenvalue weighted by Crippen LogP contribution is -2.38. The lowest BCUT2D eigenvalue weighted by atomic mass is 10.1. The molecule has 0 aliphatic rings. The van der Waals surface area contributed by atoms with Crippen LogP contribution in [0.4, 0.5) is 4.39 Å². The van der Waals surface area contributed by atoms with Crippen LogP contribution in [-0.2, 0) is 13.6 Å². The van der Waals surface area contributed by atoms with Crippen molar-refractivity contribution in [2.75, 3.05) is 0 Å². The summed E-state index contributed by atoms with van der Waals surface area (Å²) in [6.07, 6.45) is 1.37. The van der Waals surface area contributed by atoms with Crippen molar-refractivity contribution in [3.8, 4) is 6.07 Å². The summed E-state index contributed by atoms with van der Waals surface area (Å²) in [6, 6.07) is 6.81. The summed E-state index contributed by atoms with van der Waals surface area (Å²) < 4.78 is 15.5. The molecule has 0 saturated heterocycles. The summed E-state index contributed by atoms with van der Waals surface area (Å²) in [4.78, 5) is 23.4. The van der Waals surface area contributed by atoms with Crippen molar-refractivity contribution in [1.82, 2.24) is 9.13 Å². The standard InChI is InChI=1S/C13H10FN3O2/c1-16-3-2-12(18)17(13(16)19)8-10-4-9(7-15)5-11(14)6-10/h2-6H,8H2,1H3. The maximum atomic E-state index is 13.3. The molecule has 2 aromatic rings. The van der Waals surface area contributed by atoms with Gasteiger partial charge in [-0.25, -0.2) is 9.18 Å². The molecule has 19 heavy (non-hydrogen) atoms. The number of nitriles is 1. The Bertz CT molecular complexity index is 784. The van der Waals surface area contributed by atoms with Crippen LogP contribution in [0.1, 0.15) is 11.1 Å². The molecule has 0 saturated carbocycles. The van der Waals surface area contributed by atoms with Crippen molar-refractivity contribution in [2.24, 2.45) is 7.05 Å². The van der Waals surface area contributed by atoms with Crippen LogP contribution in [-0.4, -0.2) is 9.13 Å². The van der Waals surface area contributed by atoms with E-state index >= 15 is 0 Å². The smallest absolute Gasteiger partial charge is 0.303 e. The van der Waals surface area contributed by atoms with Gasteiger partial charge in [-0.05, 0) is 23.8 Å². The maximum Gasteiger partial charge on any atom is 0.331 e. The third kappa shape index (κ3) is 2.60. The van der Waals surface area contributed by atoms with E-state index < -0.39 is 17.1 Å². The molecule has 0 bridgehead atoms. The molecule has 2 rings (SSSR count). The topological polar surface area (TPSA) is 67.8 Å². The predicted octanol–water partition coefficient (Wildman–Crippen LogP) is 0.606. The predicted molar refractivity (Wildman–Crippen MR) is 66.2 cm³/mol. The number of rotatable bonds is 2. The highest BCUT2D eigenvalue weighted by atomic mass is 19.1. The van der Waals surface area contributed by atoms with Crippen LogP contribution in [0.5, 0.6) is 0 Å². The Morgan fingerprint density at radius 2 is 2.05 bits per heavy atom. The zero-order chi connectivity index (χ0) is 14.0. The quantitative estimate of drug-likeness (QED) is 0.793. The molecule has 5 nitrogen and oxygen atoms in total. The van der Waals surface area contributed by atoms with Gasteiger partial charge in [0.1, 0.15) is 5.82 Å². The van der Waals surface area contributed by atoms with E-state index in [1.807, 2.05) is 6.07 Å². The number of aryl methyl sites for hydroxylation is 1. The molecule has 0 spiro atoms. The second-order valence-corrected chi connectivity index (χ2v) is 4.09. The van der Waals surface area contributed by atoms with Crippen LogP contribution in [0, 0.1) is 17.1 Å². The van der Waals surface area contributed by atoms with E-state index in [1.54, 1.807) is 0 Å². The zero-order valence-corrected chi connectivity index (χ0v) is 10.1. The van der Waals surface area contributed by atoms with Crippen LogP contribution >= 0.6 is 0 Å². The number of nitrogens with zero attached hydrogens (tertiary/aromatic N) is 3. The Morgan fingerprint density at radius 1 is 1.32 bits per heavy atom. The zero-order valence-electron chi connectivity index (χ0n) is 10.1. The average Bonchev–Trinajstić information content (AvgIpc) is 2.38. The fraction of sp³-hybridized carbons (Fsp3) is 0.154. The third-order valence-electron chi connectivity index (χ3n) is 2.67. The minimum Gasteiger partial charge on any atom is -0.303 e. The number of aromatic nitrogens is 2. The summed E-state index contributed by atoms with van der Waals surface area (Å²) >= 11 is 0. The number of halogens is 1. The minimum atomic E-state index is -0.574. The molecule has 1 aromatic carbocycles. The second kappa shape index (κ2) is 4.90. The molecule has 0 unspecified atom stereocenters. The molecule has 0 amide bonds. The Kier molecular flexibility index (Phi) is 3.29. The van der Waals surface area contributed by atoms with E-state index in [0.29, 0.717) is 5.56 Å². The van der Waals surface area contributed by atoms with Gasteiger partial charge in [0, 0.05) is 19.3 Å². The van der Waals surface area contributed by atoms with Crippen molar-refractivity contribution in [1.29, 1.82) is 5.26 Å². The summed E-state index contributed by atoms with van der Waals surface area (Å²) in [5.41, 5.74) is -0.418. The monoisotopic (exact) mass is 259 g/mol. The molecule has 1 aromatic heterocycles. The highest BCUT2D eigenvalue weighted by Crippen LogP contribution is 2.08. The van der Waals surface area contributed by atoms with E-state index in [-0.39, 0.29) is 12.1 Å². The van der Waals surface area contributed by atoms with Gasteiger partial charge >= 0.3 is 5.69 Å². The fourth-order valence-electron chi connectivity index (χ4n) is 1.75. The highest BCUT2D eigenvalue weighted by molar-refractivity contribution is 5.33. The van der Waals surface area contributed by atoms with Gasteiger partial charge in [-0.15, -0.1) is 0 Å². The van der Waals surface area contributed by atoms with E-state index in [2.05, 4.69) is 0 Å². The van der Waals surface area contributed by atoms with Crippen LogP contribution in [0.15, 0.2) is 40.1 Å². The van der Waals surface area contributed by atoms with Gasteiger partial charge in [0.25, 0.3) is 5.56 Å². The van der Waals surface area contributed by atoms with Gasteiger partial charge in [0.15, 0.2) is 0 Å². The normalized spacial score (nSPS) is 10.2. The minimum absolute atomic E-state index is 0.0706. The Balaban J connectivity index is 2.51. The number of hydrogen-bond donors (Lipinski definition) is 0. The van der Waals surface area contributed by atoms with E-state index in [0.717, 1.165) is 10.6 Å². The fourth-order valence-corrected chi connectivity index (χ4v) is 1.75. The molecule has 0 atom stereocenters. The Hall–Kier alpha value is -2.68. The van der Waals surface area contributed by atoms with E-state index in [9.17, 15) is 14.0 Å². The number of benzene rings is 1. The van der Waals surface area contributed by atoms with Gasteiger partial charge in [-0.2, -0.15) is 5.26 Å². The molecule has 0 aliphatic heterocycles. The van der Waals surface area contributed by atoms with Gasteiger partial charge in [-0.1, -0.05) is 0 Å². The van der Waals surface area contributed by atoms with Crippen molar-refractivity contribution in [2.45, 2.75) is 6.54 Å². The molecule has 96 valence electrons. The van der Waals surface area contributed by atoms with Crippen LogP contribution in [0.3, 0.4) is 0 Å². The largest absolute Gasteiger partial charge is 0.331 e. The average molecular weight is 259 g/mol. The van der Waals surface area contributed by atoms with Gasteiger partial charge in [-0.3, -0.25) is 9.36 Å². The molecule has 0 aliphatic carbocycles. The first-order chi connectivity index (χ1) is 9.01. The van der Waals surface area contributed by atoms with Crippen molar-refractivity contribution in [3.63, 3.8) is 0 Å². The van der Waals surface area contributed by atoms with Gasteiger partial charge in [0.2, 0.25) is 0 Å². The number of hydrogen-bond acceptors (Lipinski definition) is 3. The first-order valence-electron chi connectivity index (χ1n) is 5.47. The van der Waals surface area contributed by atoms with Crippen LogP contribution < -0.4 is 11.2 Å². The van der Waals surface area contributed by atoms with Crippen molar-refractivity contribution >= 4 is 0 Å². The van der Waals surface area contributed by atoms with Crippen LogP contribution in [0.25, 0.3) is 0 Å². The Labute approximate surface area is 107 Å². The van der Waals surface area contributed by atoms with Gasteiger partial charge in [0.05, 0.1) is 18.2 Å². The maximum absolute atomic E-state index is 13.3. The summed E-state index contributed by atoms with van der Waals surface area (Å²) in [5, 5.41) is 8.75. The lowest BCUT2D eigenvalue weighted by Gasteiger charge is -2.07. The first kappa shape index (κ1) is 12.8. The Morgan fingerprint density at radius 3 is 2.74 bits per heavy atom. The van der Waals surface area contributed by atoms with E-state index in [1.165, 1.54) is 36.0 Å². The molecule has 1 heterocycles. The first-order valence-corrected chi connectivity index (χ1v) is 5.47. The molecule has 6 heteroatoms. The van der Waals surface area contributed by atoms with Gasteiger partial charge < -0.3 is 4.57 Å². The second-order valence-electron chi connectivity index (χ2n) is 4.09. The summed E-state index contributed by atoms with van der Waals surface area (Å²) in [7, 11) is 1.52. The summed E-state index contributed by atoms with van der Waals surface area (Å²) in [6.45, 7) is -0.0706. The third-order valence-corrected chi connectivity index (χ3v) is 2.67. The van der Waals surface area contributed by atoms with E-state index in [4.69, 9.17) is 5.26 Å². The highest BCUT2D eigenvalue weighted by Gasteiger charge is 2.06. The molecular weight excluding hydrogens is 249 g/mol. The lowest BCUT2D eigenvalue weighted by molar-refractivity contribution is 0.612. The molecule has 0 fully saturated rings. The van der Waals surface area contributed by atoms with Crippen molar-refractivity contribution in [3.05, 3.63) is 68.2 Å². The molecular formula is C13H10FN3O2. The summed E-state index contributed by atoms with van der Waals surface area (Å²) in [5.74, 6) is -0.574. The molecule has 0 N–H and O–H groups in total. The van der Waals surface area contributed by atoms with Crippen molar-refractivity contribution < 1.29 is 4.39 Å². The van der Waals surface area contributed by atoms with Crippen LogP contribution in [0.2, 0.25) is 0 Å².